The summed E-state index contributed by atoms with van der Waals surface area (Å²) in [5.74, 6) is 0. The van der Waals surface area contributed by atoms with E-state index in [1.54, 1.807) is 4.68 Å². The average molecular weight is 288 g/mol. The summed E-state index contributed by atoms with van der Waals surface area (Å²) in [6.07, 6.45) is 3.89. The number of aryl methyl sites for hydroxylation is 1. The highest BCUT2D eigenvalue weighted by atomic mass is 127. The SMILES string of the molecule is Cn1ccc(Cn2ccc(I)n2)n1. The van der Waals surface area contributed by atoms with E-state index in [2.05, 4.69) is 32.8 Å². The van der Waals surface area contributed by atoms with Gasteiger partial charge in [0.2, 0.25) is 0 Å². The Bertz CT molecular complexity index is 365. The van der Waals surface area contributed by atoms with E-state index in [4.69, 9.17) is 0 Å². The second-order valence-corrected chi connectivity index (χ2v) is 3.92. The van der Waals surface area contributed by atoms with Crippen LogP contribution in [0.2, 0.25) is 0 Å². The Morgan fingerprint density at radius 3 is 2.69 bits per heavy atom. The third kappa shape index (κ3) is 2.09. The lowest BCUT2D eigenvalue weighted by Gasteiger charge is -1.95. The largest absolute Gasteiger partial charge is 0.275 e. The molecule has 2 aromatic rings. The number of aromatic nitrogens is 4. The van der Waals surface area contributed by atoms with E-state index in [1.807, 2.05) is 36.3 Å². The molecule has 2 rings (SSSR count). The Morgan fingerprint density at radius 1 is 1.31 bits per heavy atom. The zero-order valence-electron chi connectivity index (χ0n) is 7.18. The first-order chi connectivity index (χ1) is 6.24. The zero-order chi connectivity index (χ0) is 9.26. The second kappa shape index (κ2) is 3.49. The van der Waals surface area contributed by atoms with Crippen molar-refractivity contribution in [2.45, 2.75) is 6.54 Å². The van der Waals surface area contributed by atoms with Crippen LogP contribution in [0.3, 0.4) is 0 Å². The van der Waals surface area contributed by atoms with Crippen molar-refractivity contribution in [1.29, 1.82) is 0 Å². The molecule has 0 aliphatic heterocycles. The molecule has 0 aromatic carbocycles. The molecule has 0 saturated heterocycles. The maximum Gasteiger partial charge on any atom is 0.123 e. The van der Waals surface area contributed by atoms with Crippen LogP contribution in [0.25, 0.3) is 0 Å². The predicted octanol–water partition coefficient (Wildman–Crippen LogP) is 1.27. The number of hydrogen-bond donors (Lipinski definition) is 0. The molecular weight excluding hydrogens is 279 g/mol. The summed E-state index contributed by atoms with van der Waals surface area (Å²) < 4.78 is 4.68. The minimum atomic E-state index is 0.740. The van der Waals surface area contributed by atoms with Gasteiger partial charge in [-0.3, -0.25) is 9.36 Å². The lowest BCUT2D eigenvalue weighted by Crippen LogP contribution is -2.01. The van der Waals surface area contributed by atoms with Gasteiger partial charge in [-0.1, -0.05) is 0 Å². The summed E-state index contributed by atoms with van der Waals surface area (Å²) in [6, 6.07) is 3.97. The van der Waals surface area contributed by atoms with Gasteiger partial charge in [-0.25, -0.2) is 0 Å². The van der Waals surface area contributed by atoms with Crippen LogP contribution in [-0.2, 0) is 13.6 Å². The molecule has 0 radical (unpaired) electrons. The Kier molecular flexibility index (Phi) is 2.34. The van der Waals surface area contributed by atoms with Crippen LogP contribution >= 0.6 is 22.6 Å². The molecule has 2 aromatic heterocycles. The highest BCUT2D eigenvalue weighted by molar-refractivity contribution is 14.1. The first kappa shape index (κ1) is 8.74. The van der Waals surface area contributed by atoms with Crippen LogP contribution in [-0.4, -0.2) is 19.6 Å². The first-order valence-electron chi connectivity index (χ1n) is 3.91. The van der Waals surface area contributed by atoms with Crippen molar-refractivity contribution in [2.24, 2.45) is 7.05 Å². The average Bonchev–Trinajstić information content (AvgIpc) is 2.62. The first-order valence-corrected chi connectivity index (χ1v) is 4.99. The van der Waals surface area contributed by atoms with Gasteiger partial charge in [0.05, 0.1) is 12.2 Å². The quantitative estimate of drug-likeness (QED) is 0.780. The van der Waals surface area contributed by atoms with Gasteiger partial charge in [-0.05, 0) is 34.7 Å². The summed E-state index contributed by atoms with van der Waals surface area (Å²) in [6.45, 7) is 0.740. The smallest absolute Gasteiger partial charge is 0.123 e. The normalized spacial score (nSPS) is 10.6. The van der Waals surface area contributed by atoms with Crippen LogP contribution in [0.5, 0.6) is 0 Å². The van der Waals surface area contributed by atoms with Crippen molar-refractivity contribution in [1.82, 2.24) is 19.6 Å². The standard InChI is InChI=1S/C8H9IN4/c1-12-4-2-7(10-12)6-13-5-3-8(9)11-13/h2-5H,6H2,1H3. The molecule has 5 heteroatoms. The number of halogens is 1. The summed E-state index contributed by atoms with van der Waals surface area (Å²) in [5.41, 5.74) is 1.03. The minimum absolute atomic E-state index is 0.740. The van der Waals surface area contributed by atoms with E-state index in [-0.39, 0.29) is 0 Å². The Hall–Kier alpha value is -0.850. The van der Waals surface area contributed by atoms with Gasteiger partial charge in [0.15, 0.2) is 0 Å². The van der Waals surface area contributed by atoms with Gasteiger partial charge in [-0.2, -0.15) is 10.2 Å². The molecular formula is C8H9IN4. The van der Waals surface area contributed by atoms with E-state index < -0.39 is 0 Å². The zero-order valence-corrected chi connectivity index (χ0v) is 9.34. The van der Waals surface area contributed by atoms with E-state index in [1.165, 1.54) is 0 Å². The molecule has 68 valence electrons. The third-order valence-corrected chi connectivity index (χ3v) is 2.28. The number of rotatable bonds is 2. The summed E-state index contributed by atoms with van der Waals surface area (Å²) in [7, 11) is 1.91. The number of nitrogens with zero attached hydrogens (tertiary/aromatic N) is 4. The molecule has 0 amide bonds. The van der Waals surface area contributed by atoms with Crippen molar-refractivity contribution in [3.63, 3.8) is 0 Å². The van der Waals surface area contributed by atoms with Crippen molar-refractivity contribution in [2.75, 3.05) is 0 Å². The molecule has 0 aliphatic rings. The van der Waals surface area contributed by atoms with Gasteiger partial charge in [0, 0.05) is 19.4 Å². The molecule has 13 heavy (non-hydrogen) atoms. The van der Waals surface area contributed by atoms with Gasteiger partial charge >= 0.3 is 0 Å². The molecule has 0 aliphatic carbocycles. The van der Waals surface area contributed by atoms with E-state index >= 15 is 0 Å². The van der Waals surface area contributed by atoms with E-state index in [0.29, 0.717) is 0 Å². The fourth-order valence-corrected chi connectivity index (χ4v) is 1.58. The van der Waals surface area contributed by atoms with Crippen molar-refractivity contribution in [3.05, 3.63) is 33.9 Å². The molecule has 0 spiro atoms. The Morgan fingerprint density at radius 2 is 2.15 bits per heavy atom. The Labute approximate surface area is 89.7 Å². The van der Waals surface area contributed by atoms with E-state index in [9.17, 15) is 0 Å². The van der Waals surface area contributed by atoms with Crippen molar-refractivity contribution in [3.8, 4) is 0 Å². The monoisotopic (exact) mass is 288 g/mol. The molecule has 2 heterocycles. The van der Waals surface area contributed by atoms with Crippen LogP contribution in [0.15, 0.2) is 24.5 Å². The molecule has 0 unspecified atom stereocenters. The van der Waals surface area contributed by atoms with Crippen LogP contribution < -0.4 is 0 Å². The maximum atomic E-state index is 4.27. The van der Waals surface area contributed by atoms with Gasteiger partial charge in [0.25, 0.3) is 0 Å². The van der Waals surface area contributed by atoms with Crippen LogP contribution in [0, 0.1) is 3.70 Å². The summed E-state index contributed by atoms with van der Waals surface area (Å²) in [5, 5.41) is 8.54. The lowest BCUT2D eigenvalue weighted by atomic mass is 10.4. The molecule has 0 N–H and O–H groups in total. The molecule has 4 nitrogen and oxygen atoms in total. The second-order valence-electron chi connectivity index (χ2n) is 2.82. The fraction of sp³-hybridized carbons (Fsp3) is 0.250. The van der Waals surface area contributed by atoms with Gasteiger partial charge < -0.3 is 0 Å². The summed E-state index contributed by atoms with van der Waals surface area (Å²) in [4.78, 5) is 0. The number of hydrogen-bond acceptors (Lipinski definition) is 2. The highest BCUT2D eigenvalue weighted by Crippen LogP contribution is 2.02. The molecule has 0 fully saturated rings. The third-order valence-electron chi connectivity index (χ3n) is 1.70. The fourth-order valence-electron chi connectivity index (χ4n) is 1.14. The highest BCUT2D eigenvalue weighted by Gasteiger charge is 1.99. The van der Waals surface area contributed by atoms with Crippen molar-refractivity contribution < 1.29 is 0 Å². The molecule has 0 atom stereocenters. The van der Waals surface area contributed by atoms with Gasteiger partial charge in [-0.15, -0.1) is 0 Å². The topological polar surface area (TPSA) is 35.6 Å². The van der Waals surface area contributed by atoms with E-state index in [0.717, 1.165) is 15.9 Å². The van der Waals surface area contributed by atoms with Crippen LogP contribution in [0.1, 0.15) is 5.69 Å². The summed E-state index contributed by atoms with van der Waals surface area (Å²) >= 11 is 2.19. The molecule has 0 bridgehead atoms. The lowest BCUT2D eigenvalue weighted by molar-refractivity contribution is 0.646. The molecule has 0 saturated carbocycles. The maximum absolute atomic E-state index is 4.27. The predicted molar refractivity (Wildman–Crippen MR) is 57.3 cm³/mol. The Balaban J connectivity index is 2.14. The minimum Gasteiger partial charge on any atom is -0.275 e. The van der Waals surface area contributed by atoms with Crippen molar-refractivity contribution >= 4 is 22.6 Å². The van der Waals surface area contributed by atoms with Gasteiger partial charge in [0.1, 0.15) is 3.70 Å². The van der Waals surface area contributed by atoms with Crippen LogP contribution in [0.4, 0.5) is 0 Å².